The molecule has 342 valence electrons. The average molecular weight is 869 g/mol. The number of benzene rings is 2. The van der Waals surface area contributed by atoms with Crippen LogP contribution in [0, 0.1) is 11.8 Å². The summed E-state index contributed by atoms with van der Waals surface area (Å²) >= 11 is 0. The molecule has 4 unspecified atom stereocenters. The van der Waals surface area contributed by atoms with E-state index >= 15 is 0 Å². The summed E-state index contributed by atoms with van der Waals surface area (Å²) in [6.07, 6.45) is 13.3. The van der Waals surface area contributed by atoms with Crippen LogP contribution in [0.15, 0.2) is 79.1 Å². The van der Waals surface area contributed by atoms with Crippen LogP contribution in [0.3, 0.4) is 0 Å². The van der Waals surface area contributed by atoms with Crippen LogP contribution in [0.4, 0.5) is 0 Å². The van der Waals surface area contributed by atoms with Gasteiger partial charge < -0.3 is 42.7 Å². The van der Waals surface area contributed by atoms with Crippen LogP contribution in [0.25, 0.3) is 0 Å². The van der Waals surface area contributed by atoms with E-state index in [0.29, 0.717) is 87.3 Å². The van der Waals surface area contributed by atoms with E-state index in [1.807, 2.05) is 60.7 Å². The topological polar surface area (TPSA) is 147 Å². The molecule has 63 heavy (non-hydrogen) atoms. The summed E-state index contributed by atoms with van der Waals surface area (Å²) in [5, 5.41) is 22.7. The molecular weight excluding hydrogens is 801 g/mol. The lowest BCUT2D eigenvalue weighted by Gasteiger charge is -2.22. The molecule has 2 saturated carbocycles. The van der Waals surface area contributed by atoms with Crippen molar-refractivity contribution in [2.75, 3.05) is 67.1 Å². The predicted octanol–water partition coefficient (Wildman–Crippen LogP) is 9.52. The fourth-order valence-electron chi connectivity index (χ4n) is 9.76. The molecule has 11 nitrogen and oxygen atoms in total. The van der Waals surface area contributed by atoms with Crippen LogP contribution in [-0.4, -0.2) is 77.3 Å². The highest BCUT2D eigenvalue weighted by Crippen LogP contribution is 2.51. The van der Waals surface area contributed by atoms with E-state index in [-0.39, 0.29) is 46.4 Å². The second kappa shape index (κ2) is 23.6. The first kappa shape index (κ1) is 46.7. The van der Waals surface area contributed by atoms with Gasteiger partial charge in [0, 0.05) is 62.2 Å². The molecule has 11 heteroatoms. The zero-order valence-corrected chi connectivity index (χ0v) is 37.4. The molecule has 2 aromatic heterocycles. The van der Waals surface area contributed by atoms with Crippen molar-refractivity contribution in [3.8, 4) is 11.5 Å². The molecular formula is C52H68O11. The van der Waals surface area contributed by atoms with Crippen molar-refractivity contribution in [1.29, 1.82) is 0 Å². The Hall–Kier alpha value is -4.26. The molecule has 0 saturated heterocycles. The van der Waals surface area contributed by atoms with Crippen molar-refractivity contribution in [2.45, 2.75) is 114 Å². The minimum absolute atomic E-state index is 0.0839. The molecule has 4 aromatic rings. The van der Waals surface area contributed by atoms with Gasteiger partial charge in [-0.15, -0.1) is 0 Å². The lowest BCUT2D eigenvalue weighted by atomic mass is 9.85. The van der Waals surface area contributed by atoms with Gasteiger partial charge in [-0.25, -0.2) is 9.59 Å². The van der Waals surface area contributed by atoms with E-state index in [4.69, 9.17) is 32.5 Å². The SMILES string of the molecule is COCCOCCC1CCCCc2c1oc(=O)c(C(c1ccccc1)C1CC1)c2O.COCCOCCOCCC1CCCCc2c1oc(=O)c(C(c1ccccc1)C1CC1)c2O. The van der Waals surface area contributed by atoms with Crippen molar-refractivity contribution >= 4 is 0 Å². The lowest BCUT2D eigenvalue weighted by molar-refractivity contribution is 0.0228. The van der Waals surface area contributed by atoms with Crippen LogP contribution in [0.1, 0.15) is 146 Å². The maximum atomic E-state index is 13.2. The molecule has 4 atom stereocenters. The molecule has 0 bridgehead atoms. The first-order valence-electron chi connectivity index (χ1n) is 23.5. The van der Waals surface area contributed by atoms with Gasteiger partial charge in [0.2, 0.25) is 0 Å². The molecule has 4 aliphatic carbocycles. The van der Waals surface area contributed by atoms with Gasteiger partial charge in [-0.3, -0.25) is 0 Å². The summed E-state index contributed by atoms with van der Waals surface area (Å²) in [7, 11) is 3.31. The minimum Gasteiger partial charge on any atom is -0.507 e. The molecule has 0 radical (unpaired) electrons. The van der Waals surface area contributed by atoms with Gasteiger partial charge in [0.15, 0.2) is 0 Å². The Labute approximate surface area is 372 Å². The number of aromatic hydroxyl groups is 2. The van der Waals surface area contributed by atoms with E-state index in [0.717, 1.165) is 112 Å². The van der Waals surface area contributed by atoms with Crippen LogP contribution in [0.2, 0.25) is 0 Å². The molecule has 0 aliphatic heterocycles. The van der Waals surface area contributed by atoms with Crippen molar-refractivity contribution in [1.82, 2.24) is 0 Å². The van der Waals surface area contributed by atoms with Gasteiger partial charge in [0.05, 0.1) is 50.8 Å². The van der Waals surface area contributed by atoms with Gasteiger partial charge in [0.1, 0.15) is 23.0 Å². The van der Waals surface area contributed by atoms with Crippen molar-refractivity contribution in [3.63, 3.8) is 0 Å². The van der Waals surface area contributed by atoms with Gasteiger partial charge in [-0.2, -0.15) is 0 Å². The third-order valence-corrected chi connectivity index (χ3v) is 13.3. The van der Waals surface area contributed by atoms with Crippen molar-refractivity contribution in [3.05, 3.63) is 126 Å². The zero-order chi connectivity index (χ0) is 44.0. The number of hydrogen-bond donors (Lipinski definition) is 2. The highest BCUT2D eigenvalue weighted by molar-refractivity contribution is 5.49. The first-order valence-corrected chi connectivity index (χ1v) is 23.5. The Morgan fingerprint density at radius 3 is 1.29 bits per heavy atom. The number of rotatable bonds is 21. The maximum absolute atomic E-state index is 13.2. The second-order valence-electron chi connectivity index (χ2n) is 17.7. The number of methoxy groups -OCH3 is 2. The Kier molecular flexibility index (Phi) is 17.5. The molecule has 0 spiro atoms. The second-order valence-corrected chi connectivity index (χ2v) is 17.7. The van der Waals surface area contributed by atoms with Gasteiger partial charge in [-0.05, 0) is 100 Å². The van der Waals surface area contributed by atoms with Crippen molar-refractivity contribution in [2.24, 2.45) is 11.8 Å². The Balaban J connectivity index is 0.000000190. The first-order chi connectivity index (χ1) is 30.9. The standard InChI is InChI=1S/C27H36O6.C25H32O5/c1-30-15-16-32-18-17-31-14-13-21-9-5-6-10-22-25(28)24(27(29)33-26(21)22)23(20-11-12-20)19-7-3-2-4-8-19;1-28-15-16-29-14-13-19-9-5-6-10-20-23(26)22(25(27)30-24(19)20)21(18-11-12-18)17-7-3-2-4-8-17/h2-4,7-8,20-21,23,28H,5-6,9-18H2,1H3;2-4,7-8,18-19,21,26H,5-6,9-16H2,1H3. The van der Waals surface area contributed by atoms with Crippen LogP contribution >= 0.6 is 0 Å². The van der Waals surface area contributed by atoms with Gasteiger partial charge >= 0.3 is 11.3 Å². The lowest BCUT2D eigenvalue weighted by Crippen LogP contribution is -2.19. The number of fused-ring (bicyclic) bond motifs is 2. The molecule has 4 aliphatic rings. The van der Waals surface area contributed by atoms with Crippen LogP contribution in [0.5, 0.6) is 11.5 Å². The Bertz CT molecular complexity index is 2120. The summed E-state index contributed by atoms with van der Waals surface area (Å²) in [5.74, 6) is 2.47. The van der Waals surface area contributed by atoms with Crippen LogP contribution < -0.4 is 11.3 Å². The number of ether oxygens (including phenoxy) is 5. The van der Waals surface area contributed by atoms with E-state index in [1.165, 1.54) is 0 Å². The Morgan fingerprint density at radius 1 is 0.524 bits per heavy atom. The van der Waals surface area contributed by atoms with Gasteiger partial charge in [0.25, 0.3) is 0 Å². The third-order valence-electron chi connectivity index (χ3n) is 13.3. The highest BCUT2D eigenvalue weighted by Gasteiger charge is 2.40. The third kappa shape index (κ3) is 12.3. The summed E-state index contributed by atoms with van der Waals surface area (Å²) in [6, 6.07) is 20.1. The van der Waals surface area contributed by atoms with E-state index in [2.05, 4.69) is 0 Å². The molecule has 8 rings (SSSR count). The van der Waals surface area contributed by atoms with E-state index < -0.39 is 0 Å². The van der Waals surface area contributed by atoms with Crippen LogP contribution in [-0.2, 0) is 36.5 Å². The monoisotopic (exact) mass is 868 g/mol. The average Bonchev–Trinajstić information content (AvgIpc) is 4.22. The predicted molar refractivity (Wildman–Crippen MR) is 241 cm³/mol. The number of hydrogen-bond acceptors (Lipinski definition) is 11. The quantitative estimate of drug-likeness (QED) is 0.0610. The fourth-order valence-corrected chi connectivity index (χ4v) is 9.76. The molecule has 2 N–H and O–H groups in total. The highest BCUT2D eigenvalue weighted by atomic mass is 16.5. The molecule has 2 heterocycles. The molecule has 0 amide bonds. The minimum atomic E-state index is -0.383. The maximum Gasteiger partial charge on any atom is 0.343 e. The summed E-state index contributed by atoms with van der Waals surface area (Å²) in [5.41, 5.74) is 3.98. The summed E-state index contributed by atoms with van der Waals surface area (Å²) < 4.78 is 38.8. The summed E-state index contributed by atoms with van der Waals surface area (Å²) in [6.45, 7) is 4.49. The summed E-state index contributed by atoms with van der Waals surface area (Å²) in [4.78, 5) is 26.4. The van der Waals surface area contributed by atoms with Crippen molar-refractivity contribution < 1.29 is 42.7 Å². The van der Waals surface area contributed by atoms with Gasteiger partial charge in [-0.1, -0.05) is 73.5 Å². The molecule has 2 aromatic carbocycles. The smallest absolute Gasteiger partial charge is 0.343 e. The normalized spacial score (nSPS) is 19.5. The zero-order valence-electron chi connectivity index (χ0n) is 37.4. The molecule has 2 fully saturated rings. The largest absolute Gasteiger partial charge is 0.507 e. The fraction of sp³-hybridized carbons (Fsp3) is 0.577. The Morgan fingerprint density at radius 2 is 0.905 bits per heavy atom. The van der Waals surface area contributed by atoms with E-state index in [1.54, 1.807) is 14.2 Å². The van der Waals surface area contributed by atoms with E-state index in [9.17, 15) is 19.8 Å².